The average Bonchev–Trinajstić information content (AvgIpc) is 2.70. The summed E-state index contributed by atoms with van der Waals surface area (Å²) in [6.07, 6.45) is 1.07. The Morgan fingerprint density at radius 3 is 2.24 bits per heavy atom. The summed E-state index contributed by atoms with van der Waals surface area (Å²) in [5.41, 5.74) is 1.95. The topological polar surface area (TPSA) is 37.3 Å². The fraction of sp³-hybridized carbons (Fsp3) is 0.222. The molecule has 2 nitrogen and oxygen atoms in total. The highest BCUT2D eigenvalue weighted by Gasteiger charge is 2.41. The van der Waals surface area contributed by atoms with E-state index in [-0.39, 0.29) is 5.92 Å². The smallest absolute Gasteiger partial charge is 0.124 e. The fourth-order valence-corrected chi connectivity index (χ4v) is 6.65. The highest BCUT2D eigenvalue weighted by Crippen LogP contribution is 2.67. The van der Waals surface area contributed by atoms with Crippen LogP contribution in [0.25, 0.3) is 5.31 Å². The van der Waals surface area contributed by atoms with Crippen molar-refractivity contribution >= 4 is 12.5 Å². The molecule has 1 aliphatic rings. The summed E-state index contributed by atoms with van der Waals surface area (Å²) >= 11 is 0. The fourth-order valence-electron chi connectivity index (χ4n) is 3.06. The Morgan fingerprint density at radius 1 is 1.05 bits per heavy atom. The van der Waals surface area contributed by atoms with Crippen molar-refractivity contribution in [2.75, 3.05) is 6.16 Å². The monoisotopic (exact) mass is 298 g/mol. The molecular weight excluding hydrogens is 279 g/mol. The minimum absolute atomic E-state index is 0.0326. The first kappa shape index (κ1) is 14.2. The summed E-state index contributed by atoms with van der Waals surface area (Å²) < 4.78 is 13.5. The predicted molar refractivity (Wildman–Crippen MR) is 87.8 cm³/mol. The molecule has 0 bridgehead atoms. The zero-order chi connectivity index (χ0) is 14.9. The second-order valence-electron chi connectivity index (χ2n) is 5.72. The summed E-state index contributed by atoms with van der Waals surface area (Å²) in [7, 11) is -2.61. The molecular formula is C18H19O2P. The second-order valence-corrected chi connectivity index (χ2v) is 8.62. The number of allylic oxidation sites excluding steroid dienone is 1. The zero-order valence-corrected chi connectivity index (χ0v) is 13.0. The van der Waals surface area contributed by atoms with Gasteiger partial charge in [0.05, 0.1) is 5.31 Å². The van der Waals surface area contributed by atoms with E-state index in [9.17, 15) is 9.67 Å². The lowest BCUT2D eigenvalue weighted by Gasteiger charge is -2.16. The van der Waals surface area contributed by atoms with Crippen molar-refractivity contribution in [2.45, 2.75) is 13.1 Å². The van der Waals surface area contributed by atoms with Crippen LogP contribution in [0.5, 0.6) is 0 Å². The van der Waals surface area contributed by atoms with Crippen molar-refractivity contribution in [3.63, 3.8) is 0 Å². The van der Waals surface area contributed by atoms with Crippen molar-refractivity contribution in [2.24, 2.45) is 5.92 Å². The van der Waals surface area contributed by atoms with Crippen molar-refractivity contribution < 1.29 is 9.67 Å². The molecule has 0 unspecified atom stereocenters. The van der Waals surface area contributed by atoms with E-state index in [1.165, 1.54) is 0 Å². The van der Waals surface area contributed by atoms with Crippen LogP contribution < -0.4 is 0 Å². The van der Waals surface area contributed by atoms with E-state index in [1.54, 1.807) is 0 Å². The van der Waals surface area contributed by atoms with Crippen LogP contribution >= 0.6 is 7.14 Å². The Bertz CT molecular complexity index is 705. The minimum atomic E-state index is -2.61. The van der Waals surface area contributed by atoms with Gasteiger partial charge in [-0.2, -0.15) is 0 Å². The highest BCUT2D eigenvalue weighted by atomic mass is 31.2. The lowest BCUT2D eigenvalue weighted by molar-refractivity contribution is 0.362. The Hall–Kier alpha value is -1.79. The van der Waals surface area contributed by atoms with E-state index >= 15 is 0 Å². The molecule has 0 spiro atoms. The van der Waals surface area contributed by atoms with Crippen LogP contribution in [0, 0.1) is 5.92 Å². The van der Waals surface area contributed by atoms with Crippen molar-refractivity contribution in [1.82, 2.24) is 0 Å². The van der Waals surface area contributed by atoms with Gasteiger partial charge in [-0.25, -0.2) is 0 Å². The van der Waals surface area contributed by atoms with E-state index in [0.29, 0.717) is 23.4 Å². The van der Waals surface area contributed by atoms with Gasteiger partial charge in [0.2, 0.25) is 0 Å². The van der Waals surface area contributed by atoms with Crippen LogP contribution in [-0.2, 0) is 10.7 Å². The van der Waals surface area contributed by atoms with Gasteiger partial charge in [-0.1, -0.05) is 67.6 Å². The third-order valence-corrected chi connectivity index (χ3v) is 7.33. The van der Waals surface area contributed by atoms with Gasteiger partial charge in [-0.3, -0.25) is 0 Å². The van der Waals surface area contributed by atoms with E-state index in [2.05, 4.69) is 0 Å². The van der Waals surface area contributed by atoms with Crippen molar-refractivity contribution in [3.05, 3.63) is 77.5 Å². The Morgan fingerprint density at radius 2 is 1.62 bits per heavy atom. The molecule has 0 saturated heterocycles. The molecule has 1 aliphatic heterocycles. The summed E-state index contributed by atoms with van der Waals surface area (Å²) in [6, 6.07) is 19.5. The molecule has 2 aromatic rings. The van der Waals surface area contributed by atoms with Gasteiger partial charge in [-0.15, -0.1) is 0 Å². The first-order valence-electron chi connectivity index (χ1n) is 7.21. The molecule has 2 atom stereocenters. The Kier molecular flexibility index (Phi) is 3.73. The van der Waals surface area contributed by atoms with Crippen molar-refractivity contribution in [3.8, 4) is 0 Å². The summed E-state index contributed by atoms with van der Waals surface area (Å²) in [5.74, 6) is 0.273. The van der Waals surface area contributed by atoms with E-state index in [1.807, 2.05) is 67.6 Å². The Balaban J connectivity index is 2.04. The van der Waals surface area contributed by atoms with Gasteiger partial charge < -0.3 is 9.67 Å². The first-order valence-corrected chi connectivity index (χ1v) is 9.29. The number of hydrogen-bond donors (Lipinski definition) is 1. The maximum Gasteiger partial charge on any atom is 0.124 e. The third-order valence-electron chi connectivity index (χ3n) is 4.01. The number of aliphatic hydroxyl groups excluding tert-OH is 1. The summed E-state index contributed by atoms with van der Waals surface area (Å²) in [4.78, 5) is 0. The van der Waals surface area contributed by atoms with Crippen molar-refractivity contribution in [1.29, 1.82) is 0 Å². The standard InChI is InChI=1S/C18H19O2P/c1-14-12-21(20,13-15-8-4-2-5-9-15)18(17(14)19)16-10-6-3-7-11-16/h2-11,14,19H,12-13H2,1H3/t14-,21-/m0/s1. The normalized spacial score (nSPS) is 25.3. The molecule has 3 rings (SSSR count). The molecule has 1 heterocycles. The number of rotatable bonds is 3. The van der Waals surface area contributed by atoms with Crippen LogP contribution in [0.4, 0.5) is 0 Å². The maximum absolute atomic E-state index is 13.5. The molecule has 0 amide bonds. The van der Waals surface area contributed by atoms with Crippen LogP contribution in [-0.4, -0.2) is 11.3 Å². The molecule has 21 heavy (non-hydrogen) atoms. The zero-order valence-electron chi connectivity index (χ0n) is 12.1. The molecule has 0 radical (unpaired) electrons. The molecule has 0 aliphatic carbocycles. The van der Waals surface area contributed by atoms with E-state index in [0.717, 1.165) is 11.1 Å². The molecule has 1 N–H and O–H groups in total. The molecule has 0 aromatic heterocycles. The highest BCUT2D eigenvalue weighted by molar-refractivity contribution is 7.74. The lowest BCUT2D eigenvalue weighted by atomic mass is 10.1. The molecule has 108 valence electrons. The molecule has 0 saturated carbocycles. The quantitative estimate of drug-likeness (QED) is 0.798. The maximum atomic E-state index is 13.5. The molecule has 2 aromatic carbocycles. The predicted octanol–water partition coefficient (Wildman–Crippen LogP) is 5.13. The average molecular weight is 298 g/mol. The number of aliphatic hydroxyl groups is 1. The van der Waals surface area contributed by atoms with Crippen LogP contribution in [0.15, 0.2) is 66.4 Å². The van der Waals surface area contributed by atoms with Gasteiger partial charge in [0.1, 0.15) is 12.9 Å². The number of benzene rings is 2. The van der Waals surface area contributed by atoms with Crippen LogP contribution in [0.2, 0.25) is 0 Å². The molecule has 0 fully saturated rings. The molecule has 3 heteroatoms. The van der Waals surface area contributed by atoms with E-state index < -0.39 is 7.14 Å². The van der Waals surface area contributed by atoms with Gasteiger partial charge in [-0.05, 0) is 11.1 Å². The van der Waals surface area contributed by atoms with Gasteiger partial charge >= 0.3 is 0 Å². The van der Waals surface area contributed by atoms with Gasteiger partial charge in [0.15, 0.2) is 0 Å². The van der Waals surface area contributed by atoms with Gasteiger partial charge in [0.25, 0.3) is 0 Å². The SMILES string of the molecule is C[C@H]1C[P@](=O)(Cc2ccccc2)C(c2ccccc2)=C1O. The summed E-state index contributed by atoms with van der Waals surface area (Å²) in [5, 5.41) is 11.1. The lowest BCUT2D eigenvalue weighted by Crippen LogP contribution is -1.97. The minimum Gasteiger partial charge on any atom is -0.511 e. The number of hydrogen-bond acceptors (Lipinski definition) is 2. The second kappa shape index (κ2) is 5.54. The van der Waals surface area contributed by atoms with Crippen LogP contribution in [0.3, 0.4) is 0 Å². The van der Waals surface area contributed by atoms with E-state index in [4.69, 9.17) is 0 Å². The largest absolute Gasteiger partial charge is 0.511 e. The van der Waals surface area contributed by atoms with Gasteiger partial charge in [0, 0.05) is 18.2 Å². The summed E-state index contributed by atoms with van der Waals surface area (Å²) in [6.45, 7) is 1.95. The van der Waals surface area contributed by atoms with Crippen LogP contribution in [0.1, 0.15) is 18.1 Å². The first-order chi connectivity index (χ1) is 10.1. The Labute approximate surface area is 125 Å². The third kappa shape index (κ3) is 2.69.